The molecule has 1 aromatic rings. The first-order chi connectivity index (χ1) is 8.49. The van der Waals surface area contributed by atoms with Gasteiger partial charge < -0.3 is 10.3 Å². The van der Waals surface area contributed by atoms with Crippen molar-refractivity contribution in [3.63, 3.8) is 0 Å². The highest BCUT2D eigenvalue weighted by Gasteiger charge is 2.41. The smallest absolute Gasteiger partial charge is 0.338 e. The van der Waals surface area contributed by atoms with E-state index in [4.69, 9.17) is 10.3 Å². The fourth-order valence-corrected chi connectivity index (χ4v) is 2.06. The highest BCUT2D eigenvalue weighted by atomic mass is 19.4. The van der Waals surface area contributed by atoms with E-state index in [1.165, 1.54) is 0 Å². The number of aromatic nitrogens is 2. The Hall–Kier alpha value is -1.15. The van der Waals surface area contributed by atoms with Crippen LogP contribution in [-0.4, -0.2) is 34.3 Å². The van der Waals surface area contributed by atoms with E-state index in [0.717, 1.165) is 0 Å². The minimum atomic E-state index is -4.08. The van der Waals surface area contributed by atoms with Gasteiger partial charge in [-0.2, -0.15) is 18.2 Å². The predicted octanol–water partition coefficient (Wildman–Crippen LogP) is 1.30. The topological polar surface area (TPSA) is 68.2 Å². The SMILES string of the molecule is NCc1nc(CN2CCC(C(F)(F)F)CC2)no1. The lowest BCUT2D eigenvalue weighted by Crippen LogP contribution is -2.38. The van der Waals surface area contributed by atoms with Gasteiger partial charge in [-0.1, -0.05) is 5.16 Å². The Bertz CT molecular complexity index is 385. The standard InChI is InChI=1S/C10H15F3N4O/c11-10(12,13)7-1-3-17(4-2-7)6-8-15-9(5-14)18-16-8/h7H,1-6,14H2. The van der Waals surface area contributed by atoms with Crippen molar-refractivity contribution >= 4 is 0 Å². The van der Waals surface area contributed by atoms with Gasteiger partial charge in [0.2, 0.25) is 5.89 Å². The zero-order valence-corrected chi connectivity index (χ0v) is 9.78. The molecule has 1 fully saturated rings. The average molecular weight is 264 g/mol. The normalized spacial score (nSPS) is 19.3. The summed E-state index contributed by atoms with van der Waals surface area (Å²) in [6.45, 7) is 1.38. The second-order valence-corrected chi connectivity index (χ2v) is 4.40. The Balaban J connectivity index is 1.83. The maximum Gasteiger partial charge on any atom is 0.391 e. The second kappa shape index (κ2) is 5.23. The molecule has 2 rings (SSSR count). The molecule has 0 unspecified atom stereocenters. The molecule has 2 heterocycles. The van der Waals surface area contributed by atoms with Gasteiger partial charge in [-0.3, -0.25) is 4.90 Å². The van der Waals surface area contributed by atoms with Gasteiger partial charge in [-0.15, -0.1) is 0 Å². The summed E-state index contributed by atoms with van der Waals surface area (Å²) in [7, 11) is 0. The maximum atomic E-state index is 12.5. The van der Waals surface area contributed by atoms with E-state index in [0.29, 0.717) is 31.3 Å². The molecule has 1 aromatic heterocycles. The molecule has 8 heteroatoms. The van der Waals surface area contributed by atoms with E-state index < -0.39 is 12.1 Å². The molecule has 1 aliphatic rings. The third kappa shape index (κ3) is 3.20. The number of rotatable bonds is 3. The number of alkyl halides is 3. The Kier molecular flexibility index (Phi) is 3.86. The van der Waals surface area contributed by atoms with Crippen LogP contribution in [0.5, 0.6) is 0 Å². The van der Waals surface area contributed by atoms with Crippen molar-refractivity contribution < 1.29 is 17.7 Å². The monoisotopic (exact) mass is 264 g/mol. The van der Waals surface area contributed by atoms with Crippen LogP contribution in [-0.2, 0) is 13.1 Å². The number of nitrogens with zero attached hydrogens (tertiary/aromatic N) is 3. The molecule has 0 radical (unpaired) electrons. The summed E-state index contributed by atoms with van der Waals surface area (Å²) in [5, 5.41) is 3.72. The number of likely N-dealkylation sites (tertiary alicyclic amines) is 1. The van der Waals surface area contributed by atoms with Crippen molar-refractivity contribution in [3.05, 3.63) is 11.7 Å². The molecule has 0 atom stereocenters. The summed E-state index contributed by atoms with van der Waals surface area (Å²) in [5.74, 6) is -0.366. The number of hydrogen-bond acceptors (Lipinski definition) is 5. The van der Waals surface area contributed by atoms with Crippen molar-refractivity contribution in [2.75, 3.05) is 13.1 Å². The highest BCUT2D eigenvalue weighted by Crippen LogP contribution is 2.34. The van der Waals surface area contributed by atoms with Crippen molar-refractivity contribution in [3.8, 4) is 0 Å². The molecule has 18 heavy (non-hydrogen) atoms. The molecule has 0 bridgehead atoms. The molecule has 0 saturated carbocycles. The summed E-state index contributed by atoms with van der Waals surface area (Å²) in [6.07, 6.45) is -3.82. The maximum absolute atomic E-state index is 12.5. The second-order valence-electron chi connectivity index (χ2n) is 4.40. The number of nitrogens with two attached hydrogens (primary N) is 1. The summed E-state index contributed by atoms with van der Waals surface area (Å²) in [4.78, 5) is 5.92. The molecule has 5 nitrogen and oxygen atoms in total. The molecular formula is C10H15F3N4O. The Morgan fingerprint density at radius 1 is 1.33 bits per heavy atom. The first kappa shape index (κ1) is 13.3. The van der Waals surface area contributed by atoms with Crippen LogP contribution < -0.4 is 5.73 Å². The van der Waals surface area contributed by atoms with Crippen LogP contribution in [0.15, 0.2) is 4.52 Å². The van der Waals surface area contributed by atoms with Gasteiger partial charge in [0.15, 0.2) is 5.82 Å². The Labute approximate surface area is 102 Å². The van der Waals surface area contributed by atoms with Crippen molar-refractivity contribution in [1.82, 2.24) is 15.0 Å². The van der Waals surface area contributed by atoms with Crippen LogP contribution in [0.3, 0.4) is 0 Å². The number of piperidine rings is 1. The molecule has 1 saturated heterocycles. The zero-order chi connectivity index (χ0) is 13.2. The third-order valence-electron chi connectivity index (χ3n) is 3.10. The molecule has 0 aliphatic carbocycles. The largest absolute Gasteiger partial charge is 0.391 e. The quantitative estimate of drug-likeness (QED) is 0.891. The summed E-state index contributed by atoms with van der Waals surface area (Å²) in [6, 6.07) is 0. The van der Waals surface area contributed by atoms with Gasteiger partial charge in [-0.25, -0.2) is 0 Å². The zero-order valence-electron chi connectivity index (χ0n) is 9.78. The molecule has 0 spiro atoms. The first-order valence-electron chi connectivity index (χ1n) is 5.79. The van der Waals surface area contributed by atoms with Crippen LogP contribution >= 0.6 is 0 Å². The van der Waals surface area contributed by atoms with E-state index in [9.17, 15) is 13.2 Å². The van der Waals surface area contributed by atoms with E-state index >= 15 is 0 Å². The van der Waals surface area contributed by atoms with Gasteiger partial charge in [-0.05, 0) is 25.9 Å². The van der Waals surface area contributed by atoms with E-state index in [1.807, 2.05) is 4.90 Å². The first-order valence-corrected chi connectivity index (χ1v) is 5.79. The molecule has 0 aromatic carbocycles. The van der Waals surface area contributed by atoms with Gasteiger partial charge >= 0.3 is 6.18 Å². The minimum absolute atomic E-state index is 0.130. The lowest BCUT2D eigenvalue weighted by atomic mass is 9.96. The Morgan fingerprint density at radius 2 is 2.00 bits per heavy atom. The summed E-state index contributed by atoms with van der Waals surface area (Å²) in [5.41, 5.74) is 5.33. The van der Waals surface area contributed by atoms with Gasteiger partial charge in [0.05, 0.1) is 19.0 Å². The molecule has 2 N–H and O–H groups in total. The van der Waals surface area contributed by atoms with Crippen LogP contribution in [0.1, 0.15) is 24.6 Å². The average Bonchev–Trinajstić information content (AvgIpc) is 2.76. The fourth-order valence-electron chi connectivity index (χ4n) is 2.06. The van der Waals surface area contributed by atoms with Gasteiger partial charge in [0, 0.05) is 0 Å². The summed E-state index contributed by atoms with van der Waals surface area (Å²) < 4.78 is 42.3. The fraction of sp³-hybridized carbons (Fsp3) is 0.800. The minimum Gasteiger partial charge on any atom is -0.338 e. The lowest BCUT2D eigenvalue weighted by Gasteiger charge is -2.31. The van der Waals surface area contributed by atoms with Crippen LogP contribution in [0, 0.1) is 5.92 Å². The molecular weight excluding hydrogens is 249 g/mol. The van der Waals surface area contributed by atoms with Crippen molar-refractivity contribution in [2.24, 2.45) is 11.7 Å². The van der Waals surface area contributed by atoms with Crippen molar-refractivity contribution in [1.29, 1.82) is 0 Å². The lowest BCUT2D eigenvalue weighted by molar-refractivity contribution is -0.185. The van der Waals surface area contributed by atoms with E-state index in [-0.39, 0.29) is 19.4 Å². The predicted molar refractivity (Wildman–Crippen MR) is 56.2 cm³/mol. The number of halogens is 3. The summed E-state index contributed by atoms with van der Waals surface area (Å²) >= 11 is 0. The molecule has 0 amide bonds. The molecule has 1 aliphatic heterocycles. The molecule has 102 valence electrons. The highest BCUT2D eigenvalue weighted by molar-refractivity contribution is 4.87. The number of hydrogen-bond donors (Lipinski definition) is 1. The van der Waals surface area contributed by atoms with Gasteiger partial charge in [0.1, 0.15) is 0 Å². The van der Waals surface area contributed by atoms with Crippen LogP contribution in [0.25, 0.3) is 0 Å². The van der Waals surface area contributed by atoms with E-state index in [1.54, 1.807) is 0 Å². The van der Waals surface area contributed by atoms with E-state index in [2.05, 4.69) is 10.1 Å². The van der Waals surface area contributed by atoms with Crippen LogP contribution in [0.2, 0.25) is 0 Å². The Morgan fingerprint density at radius 3 is 2.50 bits per heavy atom. The van der Waals surface area contributed by atoms with Crippen LogP contribution in [0.4, 0.5) is 13.2 Å². The van der Waals surface area contributed by atoms with Crippen molar-refractivity contribution in [2.45, 2.75) is 32.1 Å². The van der Waals surface area contributed by atoms with Gasteiger partial charge in [0.25, 0.3) is 0 Å². The third-order valence-corrected chi connectivity index (χ3v) is 3.10.